The van der Waals surface area contributed by atoms with E-state index < -0.39 is 0 Å². The first-order chi connectivity index (χ1) is 8.65. The molecule has 0 fully saturated rings. The lowest BCUT2D eigenvalue weighted by Gasteiger charge is -2.01. The lowest BCUT2D eigenvalue weighted by atomic mass is 10.3. The van der Waals surface area contributed by atoms with Crippen molar-refractivity contribution < 1.29 is 0 Å². The maximum Gasteiger partial charge on any atom is 0.271 e. The lowest BCUT2D eigenvalue weighted by molar-refractivity contribution is 0.703. The third-order valence-corrected chi connectivity index (χ3v) is 3.78. The van der Waals surface area contributed by atoms with Crippen LogP contribution in [0, 0.1) is 6.92 Å². The Balaban J connectivity index is 2.07. The van der Waals surface area contributed by atoms with Gasteiger partial charge in [0, 0.05) is 13.2 Å². The molecular formula is C11H11N5OS. The molecule has 7 heteroatoms. The van der Waals surface area contributed by atoms with Gasteiger partial charge in [-0.05, 0) is 17.9 Å². The number of thiophene rings is 1. The predicted octanol–water partition coefficient (Wildman–Crippen LogP) is 0.943. The summed E-state index contributed by atoms with van der Waals surface area (Å²) >= 11 is 1.43. The van der Waals surface area contributed by atoms with E-state index in [4.69, 9.17) is 0 Å². The molecule has 0 N–H and O–H groups in total. The van der Waals surface area contributed by atoms with E-state index in [1.54, 1.807) is 28.8 Å². The second-order valence-electron chi connectivity index (χ2n) is 4.16. The Morgan fingerprint density at radius 2 is 2.28 bits per heavy atom. The molecule has 0 bridgehead atoms. The SMILES string of the molecule is Cc1csc2c(=O)n(Cc3cn(C)nn3)cnc12. The van der Waals surface area contributed by atoms with Crippen molar-refractivity contribution in [3.05, 3.63) is 39.5 Å². The van der Waals surface area contributed by atoms with Gasteiger partial charge in [-0.2, -0.15) is 0 Å². The van der Waals surface area contributed by atoms with Crippen molar-refractivity contribution in [2.45, 2.75) is 13.5 Å². The minimum absolute atomic E-state index is 0.0243. The second-order valence-corrected chi connectivity index (χ2v) is 5.04. The fourth-order valence-corrected chi connectivity index (χ4v) is 2.77. The van der Waals surface area contributed by atoms with Gasteiger partial charge in [-0.1, -0.05) is 5.21 Å². The molecule has 3 heterocycles. The average Bonchev–Trinajstić information content (AvgIpc) is 2.91. The zero-order valence-corrected chi connectivity index (χ0v) is 10.8. The maximum atomic E-state index is 12.2. The molecule has 0 unspecified atom stereocenters. The minimum atomic E-state index is -0.0243. The molecule has 3 rings (SSSR count). The quantitative estimate of drug-likeness (QED) is 0.688. The Labute approximate surface area is 107 Å². The summed E-state index contributed by atoms with van der Waals surface area (Å²) in [7, 11) is 1.79. The van der Waals surface area contributed by atoms with Gasteiger partial charge in [-0.15, -0.1) is 16.4 Å². The zero-order valence-electron chi connectivity index (χ0n) is 9.99. The van der Waals surface area contributed by atoms with Crippen molar-refractivity contribution in [1.82, 2.24) is 24.5 Å². The number of aryl methyl sites for hydroxylation is 2. The van der Waals surface area contributed by atoms with Crippen LogP contribution in [-0.2, 0) is 13.6 Å². The number of nitrogens with zero attached hydrogens (tertiary/aromatic N) is 5. The minimum Gasteiger partial charge on any atom is -0.292 e. The summed E-state index contributed by atoms with van der Waals surface area (Å²) in [5.74, 6) is 0. The van der Waals surface area contributed by atoms with Crippen LogP contribution in [0.1, 0.15) is 11.3 Å². The average molecular weight is 261 g/mol. The Bertz CT molecular complexity index is 769. The molecule has 3 aromatic rings. The molecule has 0 aliphatic carbocycles. The van der Waals surface area contributed by atoms with Crippen LogP contribution in [0.5, 0.6) is 0 Å². The van der Waals surface area contributed by atoms with Gasteiger partial charge < -0.3 is 0 Å². The highest BCUT2D eigenvalue weighted by molar-refractivity contribution is 7.17. The van der Waals surface area contributed by atoms with Crippen LogP contribution >= 0.6 is 11.3 Å². The first-order valence-electron chi connectivity index (χ1n) is 5.43. The number of hydrogen-bond acceptors (Lipinski definition) is 5. The normalized spacial score (nSPS) is 11.2. The Morgan fingerprint density at radius 3 is 3.00 bits per heavy atom. The van der Waals surface area contributed by atoms with E-state index in [1.807, 2.05) is 12.3 Å². The maximum absolute atomic E-state index is 12.2. The highest BCUT2D eigenvalue weighted by Crippen LogP contribution is 2.19. The molecule has 0 amide bonds. The second kappa shape index (κ2) is 4.02. The molecule has 0 saturated carbocycles. The molecule has 92 valence electrons. The smallest absolute Gasteiger partial charge is 0.271 e. The van der Waals surface area contributed by atoms with Crippen LogP contribution in [0.3, 0.4) is 0 Å². The fraction of sp³-hybridized carbons (Fsp3) is 0.273. The standard InChI is InChI=1S/C11H11N5OS/c1-7-5-18-10-9(7)12-6-16(11(10)17)4-8-3-15(2)14-13-8/h3,5-6H,4H2,1-2H3. The van der Waals surface area contributed by atoms with E-state index in [1.165, 1.54) is 11.3 Å². The van der Waals surface area contributed by atoms with E-state index in [2.05, 4.69) is 15.3 Å². The first kappa shape index (κ1) is 11.1. The Kier molecular flexibility index (Phi) is 2.48. The summed E-state index contributed by atoms with van der Waals surface area (Å²) in [6.07, 6.45) is 3.36. The van der Waals surface area contributed by atoms with E-state index in [9.17, 15) is 4.79 Å². The molecule has 0 spiro atoms. The number of hydrogen-bond donors (Lipinski definition) is 0. The molecule has 6 nitrogen and oxygen atoms in total. The van der Waals surface area contributed by atoms with Crippen molar-refractivity contribution in [1.29, 1.82) is 0 Å². The van der Waals surface area contributed by atoms with Gasteiger partial charge in [0.1, 0.15) is 10.4 Å². The molecule has 0 aromatic carbocycles. The van der Waals surface area contributed by atoms with Crippen LogP contribution in [0.2, 0.25) is 0 Å². The third kappa shape index (κ3) is 1.72. The van der Waals surface area contributed by atoms with Crippen LogP contribution in [-0.4, -0.2) is 24.5 Å². The van der Waals surface area contributed by atoms with Crippen molar-refractivity contribution >= 4 is 21.6 Å². The highest BCUT2D eigenvalue weighted by Gasteiger charge is 2.09. The topological polar surface area (TPSA) is 65.6 Å². The lowest BCUT2D eigenvalue weighted by Crippen LogP contribution is -2.20. The molecule has 18 heavy (non-hydrogen) atoms. The predicted molar refractivity (Wildman–Crippen MR) is 68.7 cm³/mol. The largest absolute Gasteiger partial charge is 0.292 e. The fourth-order valence-electron chi connectivity index (χ4n) is 1.82. The molecule has 0 saturated heterocycles. The van der Waals surface area contributed by atoms with E-state index in [0.717, 1.165) is 16.8 Å². The molecule has 3 aromatic heterocycles. The highest BCUT2D eigenvalue weighted by atomic mass is 32.1. The van der Waals surface area contributed by atoms with Gasteiger partial charge >= 0.3 is 0 Å². The van der Waals surface area contributed by atoms with Crippen molar-refractivity contribution in [2.24, 2.45) is 7.05 Å². The summed E-state index contributed by atoms with van der Waals surface area (Å²) in [6, 6.07) is 0. The summed E-state index contributed by atoms with van der Waals surface area (Å²) in [5, 5.41) is 9.76. The number of rotatable bonds is 2. The summed E-state index contributed by atoms with van der Waals surface area (Å²) < 4.78 is 3.86. The number of aromatic nitrogens is 5. The van der Waals surface area contributed by atoms with Gasteiger partial charge in [-0.25, -0.2) is 4.98 Å². The van der Waals surface area contributed by atoms with Crippen LogP contribution in [0.4, 0.5) is 0 Å². The van der Waals surface area contributed by atoms with Crippen LogP contribution in [0.25, 0.3) is 10.2 Å². The molecule has 0 aliphatic rings. The Morgan fingerprint density at radius 1 is 1.44 bits per heavy atom. The van der Waals surface area contributed by atoms with E-state index in [0.29, 0.717) is 11.2 Å². The monoisotopic (exact) mass is 261 g/mol. The molecule has 0 aliphatic heterocycles. The first-order valence-corrected chi connectivity index (χ1v) is 6.31. The summed E-state index contributed by atoms with van der Waals surface area (Å²) in [4.78, 5) is 16.6. The van der Waals surface area contributed by atoms with Gasteiger partial charge in [0.25, 0.3) is 5.56 Å². The van der Waals surface area contributed by atoms with Gasteiger partial charge in [0.2, 0.25) is 0 Å². The van der Waals surface area contributed by atoms with Crippen LogP contribution in [0.15, 0.2) is 22.7 Å². The van der Waals surface area contributed by atoms with Crippen molar-refractivity contribution in [2.75, 3.05) is 0 Å². The Hall–Kier alpha value is -2.02. The van der Waals surface area contributed by atoms with Crippen LogP contribution < -0.4 is 5.56 Å². The van der Waals surface area contributed by atoms with Gasteiger partial charge in [0.15, 0.2) is 0 Å². The summed E-state index contributed by atoms with van der Waals surface area (Å²) in [5.41, 5.74) is 2.55. The van der Waals surface area contributed by atoms with Gasteiger partial charge in [0.05, 0.1) is 18.4 Å². The summed E-state index contributed by atoms with van der Waals surface area (Å²) in [6.45, 7) is 2.35. The van der Waals surface area contributed by atoms with E-state index >= 15 is 0 Å². The van der Waals surface area contributed by atoms with E-state index in [-0.39, 0.29) is 5.56 Å². The van der Waals surface area contributed by atoms with Crippen molar-refractivity contribution in [3.63, 3.8) is 0 Å². The van der Waals surface area contributed by atoms with Crippen molar-refractivity contribution in [3.8, 4) is 0 Å². The van der Waals surface area contributed by atoms with Gasteiger partial charge in [-0.3, -0.25) is 14.0 Å². The molecular weight excluding hydrogens is 250 g/mol. The third-order valence-electron chi connectivity index (χ3n) is 2.71. The zero-order chi connectivity index (χ0) is 12.7. The number of fused-ring (bicyclic) bond motifs is 1. The molecule has 0 atom stereocenters. The molecule has 0 radical (unpaired) electrons.